The summed E-state index contributed by atoms with van der Waals surface area (Å²) in [5.41, 5.74) is 0. The van der Waals surface area contributed by atoms with Gasteiger partial charge in [-0.2, -0.15) is 0 Å². The highest BCUT2D eigenvalue weighted by Crippen LogP contribution is 2.12. The van der Waals surface area contributed by atoms with Crippen LogP contribution in [0.4, 0.5) is 0 Å². The van der Waals surface area contributed by atoms with Crippen molar-refractivity contribution in [3.05, 3.63) is 12.2 Å². The molecule has 0 aromatic rings. The zero-order valence-electron chi connectivity index (χ0n) is 25.2. The van der Waals surface area contributed by atoms with Gasteiger partial charge in [0.1, 0.15) is 6.61 Å². The molecule has 0 aliphatic carbocycles. The van der Waals surface area contributed by atoms with Crippen LogP contribution in [0.1, 0.15) is 168 Å². The Kier molecular flexibility index (Phi) is 29.1. The fourth-order valence-corrected chi connectivity index (χ4v) is 4.55. The lowest BCUT2D eigenvalue weighted by atomic mass is 10.1. The Bertz CT molecular complexity index is 546. The minimum Gasteiger partial charge on any atom is -0.462 e. The van der Waals surface area contributed by atoms with Crippen LogP contribution < -0.4 is 0 Å². The zero-order valence-corrected chi connectivity index (χ0v) is 25.2. The van der Waals surface area contributed by atoms with Gasteiger partial charge in [-0.3, -0.25) is 9.59 Å². The zero-order chi connectivity index (χ0) is 27.9. The van der Waals surface area contributed by atoms with Gasteiger partial charge < -0.3 is 14.6 Å². The molecule has 0 saturated carbocycles. The van der Waals surface area contributed by atoms with Crippen molar-refractivity contribution in [3.63, 3.8) is 0 Å². The van der Waals surface area contributed by atoms with E-state index >= 15 is 0 Å². The van der Waals surface area contributed by atoms with Crippen LogP contribution in [-0.4, -0.2) is 36.4 Å². The number of carbonyl (C=O) groups excluding carboxylic acids is 2. The van der Waals surface area contributed by atoms with E-state index in [0.29, 0.717) is 12.8 Å². The van der Waals surface area contributed by atoms with Gasteiger partial charge in [-0.1, -0.05) is 129 Å². The van der Waals surface area contributed by atoms with E-state index in [9.17, 15) is 14.7 Å². The molecule has 0 aromatic carbocycles. The molecule has 1 atom stereocenters. The Morgan fingerprint density at radius 2 is 0.974 bits per heavy atom. The van der Waals surface area contributed by atoms with Gasteiger partial charge in [-0.25, -0.2) is 0 Å². The molecule has 0 bridgehead atoms. The number of hydrogen-bond acceptors (Lipinski definition) is 5. The summed E-state index contributed by atoms with van der Waals surface area (Å²) in [5, 5.41) is 9.46. The number of hydrogen-bond donors (Lipinski definition) is 1. The topological polar surface area (TPSA) is 72.8 Å². The third-order valence-electron chi connectivity index (χ3n) is 7.06. The van der Waals surface area contributed by atoms with Crippen LogP contribution in [0.5, 0.6) is 0 Å². The summed E-state index contributed by atoms with van der Waals surface area (Å²) < 4.78 is 10.5. The quantitative estimate of drug-likeness (QED) is 0.0583. The molecule has 224 valence electrons. The summed E-state index contributed by atoms with van der Waals surface area (Å²) in [7, 11) is 0. The number of esters is 2. The van der Waals surface area contributed by atoms with Crippen molar-refractivity contribution in [1.29, 1.82) is 0 Å². The molecule has 1 N–H and O–H groups in total. The first-order valence-corrected chi connectivity index (χ1v) is 16.2. The number of aliphatic hydroxyl groups excluding tert-OH is 1. The molecular formula is C33H62O5. The Morgan fingerprint density at radius 3 is 1.42 bits per heavy atom. The molecule has 0 amide bonds. The normalized spacial score (nSPS) is 12.2. The lowest BCUT2D eigenvalue weighted by molar-refractivity contribution is -0.161. The van der Waals surface area contributed by atoms with Crippen LogP contribution in [0.2, 0.25) is 0 Å². The molecule has 0 saturated heterocycles. The Labute approximate surface area is 235 Å². The van der Waals surface area contributed by atoms with Crippen molar-refractivity contribution in [3.8, 4) is 0 Å². The van der Waals surface area contributed by atoms with E-state index in [4.69, 9.17) is 9.47 Å². The van der Waals surface area contributed by atoms with Gasteiger partial charge in [0.2, 0.25) is 0 Å². The molecule has 0 fully saturated rings. The fourth-order valence-electron chi connectivity index (χ4n) is 4.55. The standard InChI is InChI=1S/C33H62O5/c1-3-5-7-9-11-13-14-15-16-17-18-20-21-23-25-27-32(35)37-30-31(29-34)38-33(36)28-26-24-22-19-12-10-8-6-4-2/h15-16,31,34H,3-14,17-30H2,1-2H3/b16-15-. The highest BCUT2D eigenvalue weighted by molar-refractivity contribution is 5.70. The molecular weight excluding hydrogens is 476 g/mol. The molecule has 0 aliphatic heterocycles. The van der Waals surface area contributed by atoms with Crippen molar-refractivity contribution in [1.82, 2.24) is 0 Å². The number of unbranched alkanes of at least 4 members (excludes halogenated alkanes) is 19. The third kappa shape index (κ3) is 27.7. The fraction of sp³-hybridized carbons (Fsp3) is 0.879. The molecule has 0 aliphatic rings. The van der Waals surface area contributed by atoms with Crippen LogP contribution in [0.25, 0.3) is 0 Å². The minimum atomic E-state index is -0.765. The van der Waals surface area contributed by atoms with Crippen LogP contribution in [-0.2, 0) is 19.1 Å². The minimum absolute atomic E-state index is 0.0656. The van der Waals surface area contributed by atoms with Gasteiger partial charge in [0.05, 0.1) is 6.61 Å². The van der Waals surface area contributed by atoms with E-state index in [2.05, 4.69) is 26.0 Å². The van der Waals surface area contributed by atoms with Crippen molar-refractivity contribution < 1.29 is 24.2 Å². The van der Waals surface area contributed by atoms with Crippen LogP contribution in [0, 0.1) is 0 Å². The number of aliphatic hydroxyl groups is 1. The van der Waals surface area contributed by atoms with Crippen LogP contribution in [0.3, 0.4) is 0 Å². The second kappa shape index (κ2) is 30.2. The van der Waals surface area contributed by atoms with E-state index in [1.807, 2.05) is 0 Å². The second-order valence-electron chi connectivity index (χ2n) is 10.9. The Balaban J connectivity index is 3.57. The summed E-state index contributed by atoms with van der Waals surface area (Å²) >= 11 is 0. The predicted molar refractivity (Wildman–Crippen MR) is 159 cm³/mol. The van der Waals surface area contributed by atoms with E-state index in [1.54, 1.807) is 0 Å². The van der Waals surface area contributed by atoms with E-state index in [0.717, 1.165) is 44.9 Å². The maximum Gasteiger partial charge on any atom is 0.306 e. The molecule has 1 unspecified atom stereocenters. The van der Waals surface area contributed by atoms with E-state index in [-0.39, 0.29) is 25.2 Å². The first kappa shape index (κ1) is 36.6. The molecule has 5 heteroatoms. The number of ether oxygens (including phenoxy) is 2. The molecule has 5 nitrogen and oxygen atoms in total. The third-order valence-corrected chi connectivity index (χ3v) is 7.06. The SMILES string of the molecule is CCCCCCCC/C=C\CCCCCCCC(=O)OCC(CO)OC(=O)CCCCCCCCCCC. The summed E-state index contributed by atoms with van der Waals surface area (Å²) in [4.78, 5) is 24.0. The largest absolute Gasteiger partial charge is 0.462 e. The maximum atomic E-state index is 12.0. The molecule has 0 spiro atoms. The van der Waals surface area contributed by atoms with Gasteiger partial charge in [0.25, 0.3) is 0 Å². The van der Waals surface area contributed by atoms with E-state index in [1.165, 1.54) is 96.3 Å². The molecule has 0 heterocycles. The average Bonchev–Trinajstić information content (AvgIpc) is 2.92. The maximum absolute atomic E-state index is 12.0. The molecule has 0 radical (unpaired) electrons. The van der Waals surface area contributed by atoms with Crippen molar-refractivity contribution in [2.24, 2.45) is 0 Å². The van der Waals surface area contributed by atoms with Gasteiger partial charge in [-0.05, 0) is 38.5 Å². The summed E-state index contributed by atoms with van der Waals surface area (Å²) in [6, 6.07) is 0. The van der Waals surface area contributed by atoms with Gasteiger partial charge >= 0.3 is 11.9 Å². The Morgan fingerprint density at radius 1 is 0.579 bits per heavy atom. The van der Waals surface area contributed by atoms with E-state index < -0.39 is 6.10 Å². The number of rotatable bonds is 29. The summed E-state index contributed by atoms with van der Waals surface area (Å²) in [6.45, 7) is 4.09. The second-order valence-corrected chi connectivity index (χ2v) is 10.9. The summed E-state index contributed by atoms with van der Waals surface area (Å²) in [6.07, 6.45) is 31.2. The number of allylic oxidation sites excluding steroid dienone is 2. The van der Waals surface area contributed by atoms with Crippen molar-refractivity contribution in [2.45, 2.75) is 174 Å². The molecule has 0 aromatic heterocycles. The van der Waals surface area contributed by atoms with Crippen molar-refractivity contribution in [2.75, 3.05) is 13.2 Å². The molecule has 0 rings (SSSR count). The highest BCUT2D eigenvalue weighted by Gasteiger charge is 2.16. The van der Waals surface area contributed by atoms with Crippen molar-refractivity contribution >= 4 is 11.9 Å². The van der Waals surface area contributed by atoms with Gasteiger partial charge in [0.15, 0.2) is 6.10 Å². The smallest absolute Gasteiger partial charge is 0.306 e. The average molecular weight is 539 g/mol. The first-order chi connectivity index (χ1) is 18.6. The Hall–Kier alpha value is -1.36. The molecule has 38 heavy (non-hydrogen) atoms. The van der Waals surface area contributed by atoms with Gasteiger partial charge in [0, 0.05) is 12.8 Å². The highest BCUT2D eigenvalue weighted by atomic mass is 16.6. The van der Waals surface area contributed by atoms with Gasteiger partial charge in [-0.15, -0.1) is 0 Å². The summed E-state index contributed by atoms with van der Waals surface area (Å²) in [5.74, 6) is -0.601. The lowest BCUT2D eigenvalue weighted by Crippen LogP contribution is -2.28. The first-order valence-electron chi connectivity index (χ1n) is 16.2. The monoisotopic (exact) mass is 538 g/mol. The lowest BCUT2D eigenvalue weighted by Gasteiger charge is -2.15. The van der Waals surface area contributed by atoms with Crippen LogP contribution >= 0.6 is 0 Å². The predicted octanol–water partition coefficient (Wildman–Crippen LogP) is 9.39. The van der Waals surface area contributed by atoms with Crippen LogP contribution in [0.15, 0.2) is 12.2 Å². The number of carbonyl (C=O) groups is 2.